The van der Waals surface area contributed by atoms with Crippen LogP contribution in [0.15, 0.2) is 30.3 Å². The Morgan fingerprint density at radius 1 is 1.12 bits per heavy atom. The van der Waals surface area contributed by atoms with Crippen LogP contribution >= 0.6 is 0 Å². The Balaban J connectivity index is 1.87. The number of rotatable bonds is 2. The molecular formula is C22H30N2O2. The van der Waals surface area contributed by atoms with Crippen LogP contribution in [0.3, 0.4) is 0 Å². The van der Waals surface area contributed by atoms with Gasteiger partial charge >= 0.3 is 0 Å². The maximum absolute atomic E-state index is 12.9. The van der Waals surface area contributed by atoms with Gasteiger partial charge in [-0.1, -0.05) is 38.1 Å². The van der Waals surface area contributed by atoms with Gasteiger partial charge in [0.15, 0.2) is 5.78 Å². The highest BCUT2D eigenvalue weighted by molar-refractivity contribution is 5.99. The van der Waals surface area contributed by atoms with Gasteiger partial charge in [0.25, 0.3) is 0 Å². The number of hydrogen-bond donors (Lipinski definition) is 1. The smallest absolute Gasteiger partial charge is 0.219 e. The summed E-state index contributed by atoms with van der Waals surface area (Å²) in [7, 11) is 0. The van der Waals surface area contributed by atoms with E-state index in [1.54, 1.807) is 13.0 Å². The van der Waals surface area contributed by atoms with Gasteiger partial charge in [0, 0.05) is 54.2 Å². The lowest BCUT2D eigenvalue weighted by Gasteiger charge is -2.49. The van der Waals surface area contributed by atoms with E-state index in [4.69, 9.17) is 0 Å². The van der Waals surface area contributed by atoms with Gasteiger partial charge in [0.2, 0.25) is 5.91 Å². The van der Waals surface area contributed by atoms with Crippen LogP contribution in [0.25, 0.3) is 5.70 Å². The lowest BCUT2D eigenvalue weighted by molar-refractivity contribution is -0.132. The molecule has 0 aromatic heterocycles. The van der Waals surface area contributed by atoms with Crippen molar-refractivity contribution in [2.75, 3.05) is 13.1 Å². The molecule has 4 heteroatoms. The van der Waals surface area contributed by atoms with Gasteiger partial charge in [-0.3, -0.25) is 9.59 Å². The molecular weight excluding hydrogens is 324 g/mol. The van der Waals surface area contributed by atoms with Crippen molar-refractivity contribution in [2.45, 2.75) is 58.4 Å². The largest absolute Gasteiger partial charge is 0.379 e. The molecule has 1 saturated heterocycles. The molecule has 1 amide bonds. The van der Waals surface area contributed by atoms with E-state index >= 15 is 0 Å². The first-order valence-electron chi connectivity index (χ1n) is 9.52. The molecule has 2 aliphatic rings. The number of carbonyl (C=O) groups excluding carboxylic acids is 2. The van der Waals surface area contributed by atoms with Gasteiger partial charge in [0.05, 0.1) is 0 Å². The number of carbonyl (C=O) groups is 2. The molecule has 4 nitrogen and oxygen atoms in total. The summed E-state index contributed by atoms with van der Waals surface area (Å²) in [4.78, 5) is 26.2. The van der Waals surface area contributed by atoms with Crippen molar-refractivity contribution in [1.82, 2.24) is 10.2 Å². The van der Waals surface area contributed by atoms with E-state index in [1.807, 2.05) is 11.0 Å². The fourth-order valence-electron chi connectivity index (χ4n) is 4.01. The van der Waals surface area contributed by atoms with E-state index < -0.39 is 0 Å². The Morgan fingerprint density at radius 3 is 2.35 bits per heavy atom. The van der Waals surface area contributed by atoms with Gasteiger partial charge in [0.1, 0.15) is 0 Å². The second-order valence-corrected chi connectivity index (χ2v) is 8.66. The van der Waals surface area contributed by atoms with Crippen LogP contribution in [0.4, 0.5) is 0 Å². The molecule has 0 unspecified atom stereocenters. The molecule has 0 bridgehead atoms. The molecule has 1 aromatic carbocycles. The quantitative estimate of drug-likeness (QED) is 0.827. The number of nitrogens with zero attached hydrogens (tertiary/aromatic N) is 1. The van der Waals surface area contributed by atoms with E-state index in [0.29, 0.717) is 13.1 Å². The number of ketones is 1. The first kappa shape index (κ1) is 18.7. The maximum Gasteiger partial charge on any atom is 0.219 e. The number of piperidine rings is 1. The average molecular weight is 354 g/mol. The van der Waals surface area contributed by atoms with Crippen LogP contribution in [0.5, 0.6) is 0 Å². The SMILES string of the molecule is CC(=O)N1CCC(C(=O)/C=C2/NC(C)(C)C(C)(C)c3ccccc32)CC1. The van der Waals surface area contributed by atoms with Crippen molar-refractivity contribution in [1.29, 1.82) is 0 Å². The van der Waals surface area contributed by atoms with Gasteiger partial charge in [-0.05, 0) is 32.3 Å². The summed E-state index contributed by atoms with van der Waals surface area (Å²) in [6.45, 7) is 11.8. The summed E-state index contributed by atoms with van der Waals surface area (Å²) >= 11 is 0. The first-order chi connectivity index (χ1) is 12.1. The van der Waals surface area contributed by atoms with E-state index in [1.165, 1.54) is 5.56 Å². The zero-order chi connectivity index (χ0) is 19.1. The Hall–Kier alpha value is -2.10. The summed E-state index contributed by atoms with van der Waals surface area (Å²) in [6.07, 6.45) is 3.29. The molecule has 0 radical (unpaired) electrons. The van der Waals surface area contributed by atoms with Crippen molar-refractivity contribution in [3.05, 3.63) is 41.5 Å². The van der Waals surface area contributed by atoms with Crippen molar-refractivity contribution >= 4 is 17.4 Å². The fraction of sp³-hybridized carbons (Fsp3) is 0.545. The van der Waals surface area contributed by atoms with E-state index in [0.717, 1.165) is 24.1 Å². The zero-order valence-electron chi connectivity index (χ0n) is 16.6. The third-order valence-electron chi connectivity index (χ3n) is 6.53. The van der Waals surface area contributed by atoms with Crippen LogP contribution in [-0.2, 0) is 15.0 Å². The first-order valence-corrected chi connectivity index (χ1v) is 9.52. The number of amides is 1. The molecule has 26 heavy (non-hydrogen) atoms. The lowest BCUT2D eigenvalue weighted by Crippen LogP contribution is -2.56. The summed E-state index contributed by atoms with van der Waals surface area (Å²) in [5.74, 6) is 0.271. The minimum atomic E-state index is -0.161. The number of benzene rings is 1. The van der Waals surface area contributed by atoms with Gasteiger partial charge < -0.3 is 10.2 Å². The van der Waals surface area contributed by atoms with Crippen LogP contribution in [0.2, 0.25) is 0 Å². The number of hydrogen-bond acceptors (Lipinski definition) is 3. The Bertz CT molecular complexity index is 753. The number of allylic oxidation sites excluding steroid dienone is 1. The Labute approximate surface area is 156 Å². The Kier molecular flexibility index (Phi) is 4.72. The van der Waals surface area contributed by atoms with Gasteiger partial charge in [-0.25, -0.2) is 0 Å². The summed E-state index contributed by atoms with van der Waals surface area (Å²) in [5.41, 5.74) is 3.10. The molecule has 2 aliphatic heterocycles. The number of likely N-dealkylation sites (tertiary alicyclic amines) is 1. The molecule has 0 atom stereocenters. The fourth-order valence-corrected chi connectivity index (χ4v) is 4.01. The van der Waals surface area contributed by atoms with Crippen molar-refractivity contribution in [3.8, 4) is 0 Å². The molecule has 140 valence electrons. The minimum absolute atomic E-state index is 0.00473. The predicted octanol–water partition coefficient (Wildman–Crippen LogP) is 3.51. The molecule has 1 aromatic rings. The van der Waals surface area contributed by atoms with E-state index in [-0.39, 0.29) is 28.6 Å². The van der Waals surface area contributed by atoms with Crippen molar-refractivity contribution in [2.24, 2.45) is 5.92 Å². The van der Waals surface area contributed by atoms with Crippen molar-refractivity contribution < 1.29 is 9.59 Å². The highest BCUT2D eigenvalue weighted by Gasteiger charge is 2.44. The van der Waals surface area contributed by atoms with Crippen molar-refractivity contribution in [3.63, 3.8) is 0 Å². The van der Waals surface area contributed by atoms with Crippen LogP contribution in [-0.4, -0.2) is 35.2 Å². The third kappa shape index (κ3) is 3.17. The molecule has 0 aliphatic carbocycles. The highest BCUT2D eigenvalue weighted by atomic mass is 16.2. The van der Waals surface area contributed by atoms with Gasteiger partial charge in [-0.2, -0.15) is 0 Å². The topological polar surface area (TPSA) is 49.4 Å². The summed E-state index contributed by atoms with van der Waals surface area (Å²) in [6, 6.07) is 8.36. The van der Waals surface area contributed by atoms with Crippen LogP contribution < -0.4 is 5.32 Å². The minimum Gasteiger partial charge on any atom is -0.379 e. The second kappa shape index (κ2) is 6.57. The summed E-state index contributed by atoms with van der Waals surface area (Å²) in [5, 5.41) is 3.61. The number of fused-ring (bicyclic) bond motifs is 1. The third-order valence-corrected chi connectivity index (χ3v) is 6.53. The second-order valence-electron chi connectivity index (χ2n) is 8.66. The molecule has 1 fully saturated rings. The average Bonchev–Trinajstić information content (AvgIpc) is 2.60. The zero-order valence-corrected chi connectivity index (χ0v) is 16.6. The monoisotopic (exact) mass is 354 g/mol. The lowest BCUT2D eigenvalue weighted by atomic mass is 9.65. The highest BCUT2D eigenvalue weighted by Crippen LogP contribution is 2.43. The van der Waals surface area contributed by atoms with E-state index in [2.05, 4.69) is 51.2 Å². The maximum atomic E-state index is 12.9. The molecule has 1 N–H and O–H groups in total. The molecule has 3 rings (SSSR count). The van der Waals surface area contributed by atoms with E-state index in [9.17, 15) is 9.59 Å². The molecule has 0 saturated carbocycles. The molecule has 0 spiro atoms. The number of nitrogens with one attached hydrogen (secondary N) is 1. The standard InChI is InChI=1S/C22H30N2O2/c1-15(25)24-12-10-16(11-13-24)20(26)14-19-17-8-6-7-9-18(17)21(2,3)22(4,5)23-19/h6-9,14,16,23H,10-13H2,1-5H3/b19-14+. The summed E-state index contributed by atoms with van der Waals surface area (Å²) < 4.78 is 0. The van der Waals surface area contributed by atoms with Gasteiger partial charge in [-0.15, -0.1) is 0 Å². The predicted molar refractivity (Wildman–Crippen MR) is 105 cm³/mol. The van der Waals surface area contributed by atoms with Crippen LogP contribution in [0.1, 0.15) is 58.6 Å². The molecule has 2 heterocycles. The van der Waals surface area contributed by atoms with Crippen LogP contribution in [0, 0.1) is 5.92 Å². The normalized spacial score (nSPS) is 23.3. The Morgan fingerprint density at radius 2 is 1.73 bits per heavy atom.